The van der Waals surface area contributed by atoms with Crippen molar-refractivity contribution >= 4 is 5.97 Å². The van der Waals surface area contributed by atoms with Gasteiger partial charge in [-0.15, -0.1) is 0 Å². The molecule has 2 unspecified atom stereocenters. The lowest BCUT2D eigenvalue weighted by molar-refractivity contribution is -0.144. The Morgan fingerprint density at radius 1 is 1.35 bits per heavy atom. The normalized spacial score (nSPS) is 26.3. The number of carboxylic acid groups (broad SMARTS) is 1. The molecule has 0 amide bonds. The van der Waals surface area contributed by atoms with Crippen molar-refractivity contribution in [2.75, 3.05) is 47.1 Å². The number of nitrogens with one attached hydrogen (secondary N) is 1. The number of rotatable bonds is 10. The molecule has 2 atom stereocenters. The third-order valence-electron chi connectivity index (χ3n) is 4.09. The highest BCUT2D eigenvalue weighted by molar-refractivity contribution is 5.79. The van der Waals surface area contributed by atoms with Crippen LogP contribution in [0.25, 0.3) is 0 Å². The Bertz CT molecular complexity index is 293. The summed E-state index contributed by atoms with van der Waals surface area (Å²) in [6.45, 7) is 5.56. The zero-order valence-corrected chi connectivity index (χ0v) is 12.9. The maximum Gasteiger partial charge on any atom is 0.323 e. The third-order valence-corrected chi connectivity index (χ3v) is 4.09. The lowest BCUT2D eigenvalue weighted by Gasteiger charge is -2.30. The van der Waals surface area contributed by atoms with Crippen LogP contribution in [0.5, 0.6) is 0 Å². The molecule has 2 N–H and O–H groups in total. The minimum Gasteiger partial charge on any atom is -0.480 e. The average Bonchev–Trinajstić information content (AvgIpc) is 2.85. The van der Waals surface area contributed by atoms with E-state index in [1.54, 1.807) is 14.2 Å². The van der Waals surface area contributed by atoms with Crippen molar-refractivity contribution in [3.63, 3.8) is 0 Å². The predicted octanol–water partition coefficient (Wildman–Crippen LogP) is 0.567. The van der Waals surface area contributed by atoms with Crippen molar-refractivity contribution in [1.29, 1.82) is 0 Å². The van der Waals surface area contributed by atoms with Crippen molar-refractivity contribution in [3.05, 3.63) is 0 Å². The highest BCUT2D eigenvalue weighted by atomic mass is 16.5. The van der Waals surface area contributed by atoms with E-state index in [4.69, 9.17) is 9.47 Å². The number of hydrogen-bond donors (Lipinski definition) is 2. The lowest BCUT2D eigenvalue weighted by Crippen LogP contribution is -2.51. The Kier molecular flexibility index (Phi) is 7.43. The van der Waals surface area contributed by atoms with Crippen molar-refractivity contribution < 1.29 is 19.4 Å². The Morgan fingerprint density at radius 2 is 1.95 bits per heavy atom. The molecule has 0 bridgehead atoms. The first-order chi connectivity index (χ1) is 9.59. The molecular formula is C14H28N2O4. The van der Waals surface area contributed by atoms with E-state index >= 15 is 0 Å². The fraction of sp³-hybridized carbons (Fsp3) is 0.929. The van der Waals surface area contributed by atoms with Crippen molar-refractivity contribution in [1.82, 2.24) is 10.2 Å². The van der Waals surface area contributed by atoms with E-state index in [1.807, 2.05) is 6.92 Å². The van der Waals surface area contributed by atoms with Crippen LogP contribution in [0.3, 0.4) is 0 Å². The predicted molar refractivity (Wildman–Crippen MR) is 77.0 cm³/mol. The number of hydrogen-bond acceptors (Lipinski definition) is 5. The quantitative estimate of drug-likeness (QED) is 0.612. The summed E-state index contributed by atoms with van der Waals surface area (Å²) in [7, 11) is 3.37. The molecule has 0 aromatic heterocycles. The van der Waals surface area contributed by atoms with E-state index in [1.165, 1.54) is 0 Å². The van der Waals surface area contributed by atoms with E-state index in [0.717, 1.165) is 19.5 Å². The highest BCUT2D eigenvalue weighted by Gasteiger charge is 2.46. The van der Waals surface area contributed by atoms with Crippen LogP contribution < -0.4 is 5.32 Å². The first-order valence-corrected chi connectivity index (χ1v) is 7.30. The van der Waals surface area contributed by atoms with Crippen LogP contribution >= 0.6 is 0 Å². The van der Waals surface area contributed by atoms with Gasteiger partial charge in [-0.2, -0.15) is 0 Å². The Labute approximate surface area is 121 Å². The molecule has 6 nitrogen and oxygen atoms in total. The summed E-state index contributed by atoms with van der Waals surface area (Å²) in [6.07, 6.45) is 2.22. The van der Waals surface area contributed by atoms with Gasteiger partial charge in [-0.1, -0.05) is 6.92 Å². The first kappa shape index (κ1) is 17.4. The molecule has 1 aliphatic carbocycles. The summed E-state index contributed by atoms with van der Waals surface area (Å²) < 4.78 is 10.3. The molecule has 20 heavy (non-hydrogen) atoms. The second-order valence-electron chi connectivity index (χ2n) is 5.34. The topological polar surface area (TPSA) is 71.0 Å². The van der Waals surface area contributed by atoms with Crippen molar-refractivity contribution in [2.45, 2.75) is 37.8 Å². The van der Waals surface area contributed by atoms with Crippen LogP contribution in [0.4, 0.5) is 0 Å². The van der Waals surface area contributed by atoms with E-state index in [0.29, 0.717) is 32.6 Å². The molecule has 0 aromatic carbocycles. The number of carbonyl (C=O) groups is 1. The van der Waals surface area contributed by atoms with Gasteiger partial charge in [0.25, 0.3) is 0 Å². The van der Waals surface area contributed by atoms with E-state index < -0.39 is 11.5 Å². The summed E-state index contributed by atoms with van der Waals surface area (Å²) in [6, 6.07) is 0.274. The average molecular weight is 288 g/mol. The SMILES string of the molecule is CCNC1(C(=O)O)CCC(N(CCOC)CCOC)C1. The van der Waals surface area contributed by atoms with Gasteiger partial charge in [0, 0.05) is 33.4 Å². The standard InChI is InChI=1S/C14H28N2O4/c1-4-15-14(13(17)18)6-5-12(11-14)16(7-9-19-2)8-10-20-3/h12,15H,4-11H2,1-3H3,(H,17,18). The molecule has 0 saturated heterocycles. The summed E-state index contributed by atoms with van der Waals surface area (Å²) in [5, 5.41) is 12.7. The monoisotopic (exact) mass is 288 g/mol. The maximum atomic E-state index is 11.6. The van der Waals surface area contributed by atoms with Gasteiger partial charge in [-0.3, -0.25) is 9.69 Å². The number of likely N-dealkylation sites (N-methyl/N-ethyl adjacent to an activating group) is 1. The number of carboxylic acids is 1. The Balaban J connectivity index is 2.66. The second kappa shape index (κ2) is 8.56. The molecule has 1 aliphatic rings. The zero-order chi connectivity index (χ0) is 15.0. The molecule has 1 fully saturated rings. The Hall–Kier alpha value is -0.690. The molecule has 1 rings (SSSR count). The van der Waals surface area contributed by atoms with Gasteiger partial charge < -0.3 is 19.9 Å². The number of nitrogens with zero attached hydrogens (tertiary/aromatic N) is 1. The van der Waals surface area contributed by atoms with Gasteiger partial charge in [0.15, 0.2) is 0 Å². The molecule has 0 aliphatic heterocycles. The lowest BCUT2D eigenvalue weighted by atomic mass is 9.97. The number of ether oxygens (including phenoxy) is 2. The van der Waals surface area contributed by atoms with Gasteiger partial charge in [-0.05, 0) is 25.8 Å². The zero-order valence-electron chi connectivity index (χ0n) is 12.9. The number of aliphatic carboxylic acids is 1. The largest absolute Gasteiger partial charge is 0.480 e. The van der Waals surface area contributed by atoms with E-state index in [9.17, 15) is 9.90 Å². The summed E-state index contributed by atoms with van der Waals surface area (Å²) in [5.74, 6) is -0.736. The van der Waals surface area contributed by atoms with Crippen LogP contribution in [0.15, 0.2) is 0 Å². The van der Waals surface area contributed by atoms with Gasteiger partial charge >= 0.3 is 5.97 Å². The van der Waals surface area contributed by atoms with Gasteiger partial charge in [0.1, 0.15) is 5.54 Å². The van der Waals surface area contributed by atoms with E-state index in [2.05, 4.69) is 10.2 Å². The van der Waals surface area contributed by atoms with Crippen LogP contribution in [0, 0.1) is 0 Å². The summed E-state index contributed by atoms with van der Waals surface area (Å²) in [4.78, 5) is 13.9. The van der Waals surface area contributed by atoms with Gasteiger partial charge in [0.05, 0.1) is 13.2 Å². The van der Waals surface area contributed by atoms with Crippen LogP contribution in [-0.4, -0.2) is 74.6 Å². The fourth-order valence-corrected chi connectivity index (χ4v) is 2.99. The van der Waals surface area contributed by atoms with Gasteiger partial charge in [0.2, 0.25) is 0 Å². The molecule has 0 heterocycles. The van der Waals surface area contributed by atoms with Crippen LogP contribution in [-0.2, 0) is 14.3 Å². The molecule has 6 heteroatoms. The molecule has 1 saturated carbocycles. The molecule has 0 aromatic rings. The smallest absolute Gasteiger partial charge is 0.323 e. The summed E-state index contributed by atoms with van der Waals surface area (Å²) in [5.41, 5.74) is -0.766. The minimum atomic E-state index is -0.766. The highest BCUT2D eigenvalue weighted by Crippen LogP contribution is 2.33. The maximum absolute atomic E-state index is 11.6. The van der Waals surface area contributed by atoms with Crippen molar-refractivity contribution in [3.8, 4) is 0 Å². The van der Waals surface area contributed by atoms with Crippen molar-refractivity contribution in [2.24, 2.45) is 0 Å². The summed E-state index contributed by atoms with van der Waals surface area (Å²) >= 11 is 0. The first-order valence-electron chi connectivity index (χ1n) is 7.30. The molecule has 0 radical (unpaired) electrons. The molecular weight excluding hydrogens is 260 g/mol. The number of methoxy groups -OCH3 is 2. The Morgan fingerprint density at radius 3 is 2.40 bits per heavy atom. The van der Waals surface area contributed by atoms with Crippen LogP contribution in [0.1, 0.15) is 26.2 Å². The third kappa shape index (κ3) is 4.41. The minimum absolute atomic E-state index is 0.274. The van der Waals surface area contributed by atoms with Crippen LogP contribution in [0.2, 0.25) is 0 Å². The second-order valence-corrected chi connectivity index (χ2v) is 5.34. The fourth-order valence-electron chi connectivity index (χ4n) is 2.99. The molecule has 0 spiro atoms. The van der Waals surface area contributed by atoms with E-state index in [-0.39, 0.29) is 6.04 Å². The molecule has 118 valence electrons. The van der Waals surface area contributed by atoms with Gasteiger partial charge in [-0.25, -0.2) is 0 Å².